The normalized spacial score (nSPS) is 16.8. The van der Waals surface area contributed by atoms with E-state index < -0.39 is 5.60 Å². The van der Waals surface area contributed by atoms with Crippen molar-refractivity contribution in [1.29, 1.82) is 0 Å². The molecule has 1 aliphatic carbocycles. The maximum Gasteiger partial charge on any atom is 0.163 e. The number of halogens is 1. The Kier molecular flexibility index (Phi) is 3.23. The summed E-state index contributed by atoms with van der Waals surface area (Å²) >= 11 is 6.23. The number of benzene rings is 1. The lowest BCUT2D eigenvalue weighted by molar-refractivity contribution is 0.150. The SMILES string of the molecule is COc1cc(Cl)c(CC2(O)CC2)c(C)c1OC. The standard InChI is InChI=1S/C13H17ClO3/c1-8-9(7-13(15)4-5-13)10(14)6-11(16-2)12(8)17-3/h6,15H,4-5,7H2,1-3H3. The molecule has 0 aromatic heterocycles. The van der Waals surface area contributed by atoms with Crippen LogP contribution in [0.15, 0.2) is 6.07 Å². The number of rotatable bonds is 4. The molecule has 0 aliphatic heterocycles. The molecular weight excluding hydrogens is 240 g/mol. The van der Waals surface area contributed by atoms with Crippen LogP contribution in [0.25, 0.3) is 0 Å². The second kappa shape index (κ2) is 4.39. The molecule has 1 saturated carbocycles. The molecule has 3 nitrogen and oxygen atoms in total. The third kappa shape index (κ3) is 2.35. The van der Waals surface area contributed by atoms with Crippen molar-refractivity contribution >= 4 is 11.6 Å². The second-order valence-corrected chi connectivity index (χ2v) is 5.01. The Morgan fingerprint density at radius 1 is 1.35 bits per heavy atom. The van der Waals surface area contributed by atoms with Gasteiger partial charge in [0.2, 0.25) is 0 Å². The van der Waals surface area contributed by atoms with Crippen LogP contribution in [0.4, 0.5) is 0 Å². The molecule has 0 bridgehead atoms. The van der Waals surface area contributed by atoms with Crippen molar-refractivity contribution in [1.82, 2.24) is 0 Å². The van der Waals surface area contributed by atoms with Crippen molar-refractivity contribution in [2.45, 2.75) is 31.8 Å². The fourth-order valence-electron chi connectivity index (χ4n) is 2.04. The van der Waals surface area contributed by atoms with E-state index in [1.165, 1.54) is 0 Å². The van der Waals surface area contributed by atoms with E-state index >= 15 is 0 Å². The van der Waals surface area contributed by atoms with E-state index in [0.717, 1.165) is 24.0 Å². The summed E-state index contributed by atoms with van der Waals surface area (Å²) in [5.41, 5.74) is 1.33. The van der Waals surface area contributed by atoms with E-state index in [9.17, 15) is 5.11 Å². The van der Waals surface area contributed by atoms with Crippen LogP contribution >= 0.6 is 11.6 Å². The minimum Gasteiger partial charge on any atom is -0.493 e. The van der Waals surface area contributed by atoms with E-state index in [-0.39, 0.29) is 0 Å². The van der Waals surface area contributed by atoms with E-state index in [1.54, 1.807) is 20.3 Å². The molecule has 1 fully saturated rings. The Morgan fingerprint density at radius 2 is 2.00 bits per heavy atom. The van der Waals surface area contributed by atoms with Crippen LogP contribution in [0.2, 0.25) is 5.02 Å². The first-order valence-electron chi connectivity index (χ1n) is 5.63. The average Bonchev–Trinajstić information content (AvgIpc) is 3.02. The van der Waals surface area contributed by atoms with E-state index in [1.807, 2.05) is 6.92 Å². The molecule has 94 valence electrons. The summed E-state index contributed by atoms with van der Waals surface area (Å²) in [4.78, 5) is 0. The Hall–Kier alpha value is -0.930. The highest BCUT2D eigenvalue weighted by Crippen LogP contribution is 2.44. The number of hydrogen-bond donors (Lipinski definition) is 1. The zero-order chi connectivity index (χ0) is 12.6. The highest BCUT2D eigenvalue weighted by Gasteiger charge is 2.41. The summed E-state index contributed by atoms with van der Waals surface area (Å²) in [7, 11) is 3.19. The van der Waals surface area contributed by atoms with Crippen LogP contribution in [0, 0.1) is 6.92 Å². The van der Waals surface area contributed by atoms with E-state index in [0.29, 0.717) is 22.9 Å². The highest BCUT2D eigenvalue weighted by atomic mass is 35.5. The Bertz CT molecular complexity index is 439. The van der Waals surface area contributed by atoms with Crippen LogP contribution in [0.5, 0.6) is 11.5 Å². The molecule has 4 heteroatoms. The minimum atomic E-state index is -0.562. The lowest BCUT2D eigenvalue weighted by atomic mass is 10.00. The smallest absolute Gasteiger partial charge is 0.163 e. The maximum absolute atomic E-state index is 9.99. The average molecular weight is 257 g/mol. The predicted molar refractivity (Wildman–Crippen MR) is 67.2 cm³/mol. The van der Waals surface area contributed by atoms with Gasteiger partial charge in [0.05, 0.1) is 19.8 Å². The van der Waals surface area contributed by atoms with Gasteiger partial charge in [0, 0.05) is 17.5 Å². The molecule has 17 heavy (non-hydrogen) atoms. The predicted octanol–water partition coefficient (Wildman–Crippen LogP) is 2.73. The lowest BCUT2D eigenvalue weighted by Gasteiger charge is -2.17. The third-order valence-corrected chi connectivity index (χ3v) is 3.66. The molecule has 1 aromatic carbocycles. The Labute approximate surface area is 106 Å². The summed E-state index contributed by atoms with van der Waals surface area (Å²) in [6, 6.07) is 1.74. The maximum atomic E-state index is 9.99. The van der Waals surface area contributed by atoms with E-state index in [4.69, 9.17) is 21.1 Å². The lowest BCUT2D eigenvalue weighted by Crippen LogP contribution is -2.13. The third-order valence-electron chi connectivity index (χ3n) is 3.32. The topological polar surface area (TPSA) is 38.7 Å². The summed E-state index contributed by atoms with van der Waals surface area (Å²) in [5, 5.41) is 10.6. The molecule has 1 aliphatic rings. The van der Waals surface area contributed by atoms with Gasteiger partial charge < -0.3 is 14.6 Å². The molecule has 0 spiro atoms. The molecule has 0 heterocycles. The van der Waals surface area contributed by atoms with Crippen molar-refractivity contribution in [3.05, 3.63) is 22.2 Å². The number of methoxy groups -OCH3 is 2. The van der Waals surface area contributed by atoms with Crippen LogP contribution in [-0.4, -0.2) is 24.9 Å². The summed E-state index contributed by atoms with van der Waals surface area (Å²) in [6.07, 6.45) is 2.27. The first-order chi connectivity index (χ1) is 8.00. The summed E-state index contributed by atoms with van der Waals surface area (Å²) in [6.45, 7) is 1.94. The molecule has 0 atom stereocenters. The zero-order valence-corrected chi connectivity index (χ0v) is 11.1. The second-order valence-electron chi connectivity index (χ2n) is 4.60. The number of hydrogen-bond acceptors (Lipinski definition) is 3. The van der Waals surface area contributed by atoms with E-state index in [2.05, 4.69) is 0 Å². The number of ether oxygens (including phenoxy) is 2. The van der Waals surface area contributed by atoms with Gasteiger partial charge in [-0.05, 0) is 30.9 Å². The fourth-order valence-corrected chi connectivity index (χ4v) is 2.35. The molecule has 0 amide bonds. The molecular formula is C13H17ClO3. The van der Waals surface area contributed by atoms with Crippen LogP contribution in [0.3, 0.4) is 0 Å². The van der Waals surface area contributed by atoms with Gasteiger partial charge in [0.1, 0.15) is 0 Å². The molecule has 1 N–H and O–H groups in total. The monoisotopic (exact) mass is 256 g/mol. The molecule has 0 radical (unpaired) electrons. The van der Waals surface area contributed by atoms with Crippen molar-refractivity contribution in [3.8, 4) is 11.5 Å². The molecule has 2 rings (SSSR count). The van der Waals surface area contributed by atoms with Gasteiger partial charge in [-0.25, -0.2) is 0 Å². The molecule has 0 unspecified atom stereocenters. The first-order valence-corrected chi connectivity index (χ1v) is 6.01. The van der Waals surface area contributed by atoms with Gasteiger partial charge in [-0.2, -0.15) is 0 Å². The Morgan fingerprint density at radius 3 is 2.47 bits per heavy atom. The summed E-state index contributed by atoms with van der Waals surface area (Å²) < 4.78 is 10.6. The largest absolute Gasteiger partial charge is 0.493 e. The Balaban J connectivity index is 2.44. The van der Waals surface area contributed by atoms with Gasteiger partial charge in [0.15, 0.2) is 11.5 Å². The van der Waals surface area contributed by atoms with Gasteiger partial charge in [0.25, 0.3) is 0 Å². The fraction of sp³-hybridized carbons (Fsp3) is 0.538. The van der Waals surface area contributed by atoms with Gasteiger partial charge in [-0.1, -0.05) is 11.6 Å². The minimum absolute atomic E-state index is 0.562. The van der Waals surface area contributed by atoms with Crippen LogP contribution in [0.1, 0.15) is 24.0 Å². The van der Waals surface area contributed by atoms with Crippen LogP contribution < -0.4 is 9.47 Å². The van der Waals surface area contributed by atoms with Gasteiger partial charge in [-0.15, -0.1) is 0 Å². The van der Waals surface area contributed by atoms with Crippen molar-refractivity contribution in [2.24, 2.45) is 0 Å². The highest BCUT2D eigenvalue weighted by molar-refractivity contribution is 6.31. The van der Waals surface area contributed by atoms with Crippen molar-refractivity contribution in [2.75, 3.05) is 14.2 Å². The van der Waals surface area contributed by atoms with Gasteiger partial charge >= 0.3 is 0 Å². The number of aliphatic hydroxyl groups is 1. The van der Waals surface area contributed by atoms with Gasteiger partial charge in [-0.3, -0.25) is 0 Å². The molecule has 1 aromatic rings. The molecule has 0 saturated heterocycles. The quantitative estimate of drug-likeness (QED) is 0.900. The van der Waals surface area contributed by atoms with Crippen molar-refractivity contribution in [3.63, 3.8) is 0 Å². The van der Waals surface area contributed by atoms with Crippen LogP contribution in [-0.2, 0) is 6.42 Å². The van der Waals surface area contributed by atoms with Crippen molar-refractivity contribution < 1.29 is 14.6 Å². The summed E-state index contributed by atoms with van der Waals surface area (Å²) in [5.74, 6) is 1.32. The first kappa shape index (κ1) is 12.5. The zero-order valence-electron chi connectivity index (χ0n) is 10.3.